The smallest absolute Gasteiger partial charge is 0.0406 e. The SMILES string of the molecule is CCC(CC)C(CCl)c1ccc(Cl)cc1. The van der Waals surface area contributed by atoms with Gasteiger partial charge >= 0.3 is 0 Å². The number of hydrogen-bond donors (Lipinski definition) is 0. The van der Waals surface area contributed by atoms with Gasteiger partial charge in [-0.25, -0.2) is 0 Å². The number of halogens is 2. The molecule has 1 unspecified atom stereocenters. The van der Waals surface area contributed by atoms with Crippen LogP contribution in [0, 0.1) is 5.92 Å². The summed E-state index contributed by atoms with van der Waals surface area (Å²) in [6.45, 7) is 4.45. The third kappa shape index (κ3) is 3.39. The highest BCUT2D eigenvalue weighted by Crippen LogP contribution is 2.31. The summed E-state index contributed by atoms with van der Waals surface area (Å²) >= 11 is 11.9. The number of benzene rings is 1. The molecular formula is C13H18Cl2. The van der Waals surface area contributed by atoms with Crippen molar-refractivity contribution >= 4 is 23.2 Å². The van der Waals surface area contributed by atoms with Crippen LogP contribution in [-0.4, -0.2) is 5.88 Å². The Hall–Kier alpha value is -0.200. The van der Waals surface area contributed by atoms with E-state index in [4.69, 9.17) is 23.2 Å². The van der Waals surface area contributed by atoms with Gasteiger partial charge in [-0.1, -0.05) is 50.4 Å². The first-order chi connectivity index (χ1) is 7.22. The Morgan fingerprint density at radius 2 is 1.60 bits per heavy atom. The summed E-state index contributed by atoms with van der Waals surface area (Å²) in [7, 11) is 0. The van der Waals surface area contributed by atoms with Crippen molar-refractivity contribution in [3.8, 4) is 0 Å². The number of alkyl halides is 1. The second kappa shape index (κ2) is 6.40. The Morgan fingerprint density at radius 3 is 2.00 bits per heavy atom. The molecule has 1 rings (SSSR count). The van der Waals surface area contributed by atoms with Gasteiger partial charge < -0.3 is 0 Å². The van der Waals surface area contributed by atoms with E-state index in [2.05, 4.69) is 26.0 Å². The Morgan fingerprint density at radius 1 is 1.07 bits per heavy atom. The Labute approximate surface area is 103 Å². The lowest BCUT2D eigenvalue weighted by atomic mass is 9.84. The second-order valence-electron chi connectivity index (χ2n) is 3.89. The molecule has 1 aromatic rings. The van der Waals surface area contributed by atoms with E-state index in [1.165, 1.54) is 18.4 Å². The van der Waals surface area contributed by atoms with Crippen molar-refractivity contribution in [2.75, 3.05) is 5.88 Å². The Balaban J connectivity index is 2.86. The fourth-order valence-corrected chi connectivity index (χ4v) is 2.61. The molecule has 0 nitrogen and oxygen atoms in total. The van der Waals surface area contributed by atoms with Gasteiger partial charge in [0.15, 0.2) is 0 Å². The predicted molar refractivity (Wildman–Crippen MR) is 69.0 cm³/mol. The highest BCUT2D eigenvalue weighted by atomic mass is 35.5. The molecule has 0 bridgehead atoms. The second-order valence-corrected chi connectivity index (χ2v) is 4.63. The highest BCUT2D eigenvalue weighted by Gasteiger charge is 2.19. The fourth-order valence-electron chi connectivity index (χ4n) is 2.05. The van der Waals surface area contributed by atoms with Crippen LogP contribution in [0.15, 0.2) is 24.3 Å². The normalized spacial score (nSPS) is 13.1. The zero-order valence-electron chi connectivity index (χ0n) is 9.34. The lowest BCUT2D eigenvalue weighted by Crippen LogP contribution is -2.13. The summed E-state index contributed by atoms with van der Waals surface area (Å²) in [5, 5.41) is 0.789. The van der Waals surface area contributed by atoms with E-state index in [9.17, 15) is 0 Å². The maximum absolute atomic E-state index is 6.06. The molecule has 0 aliphatic heterocycles. The summed E-state index contributed by atoms with van der Waals surface area (Å²) in [5.74, 6) is 1.82. The maximum Gasteiger partial charge on any atom is 0.0406 e. The van der Waals surface area contributed by atoms with Crippen LogP contribution >= 0.6 is 23.2 Å². The molecule has 0 saturated heterocycles. The molecule has 2 heteroatoms. The summed E-state index contributed by atoms with van der Waals surface area (Å²) in [6.07, 6.45) is 2.35. The monoisotopic (exact) mass is 244 g/mol. The van der Waals surface area contributed by atoms with E-state index in [0.29, 0.717) is 17.7 Å². The highest BCUT2D eigenvalue weighted by molar-refractivity contribution is 6.30. The topological polar surface area (TPSA) is 0 Å². The Kier molecular flexibility index (Phi) is 5.49. The molecule has 0 aliphatic rings. The third-order valence-electron chi connectivity index (χ3n) is 3.08. The van der Waals surface area contributed by atoms with Crippen molar-refractivity contribution in [3.63, 3.8) is 0 Å². The van der Waals surface area contributed by atoms with Gasteiger partial charge in [-0.3, -0.25) is 0 Å². The lowest BCUT2D eigenvalue weighted by molar-refractivity contribution is 0.422. The minimum atomic E-state index is 0.457. The van der Waals surface area contributed by atoms with Gasteiger partial charge in [0.2, 0.25) is 0 Å². The standard InChI is InChI=1S/C13H18Cl2/c1-3-10(4-2)13(9-14)11-5-7-12(15)8-6-11/h5-8,10,13H,3-4,9H2,1-2H3. The molecule has 84 valence electrons. The van der Waals surface area contributed by atoms with Crippen molar-refractivity contribution in [1.29, 1.82) is 0 Å². The van der Waals surface area contributed by atoms with E-state index in [-0.39, 0.29) is 0 Å². The quantitative estimate of drug-likeness (QED) is 0.633. The first kappa shape index (κ1) is 12.9. The number of rotatable bonds is 5. The average Bonchev–Trinajstić information content (AvgIpc) is 2.27. The summed E-state index contributed by atoms with van der Waals surface area (Å²) in [6, 6.07) is 8.07. The van der Waals surface area contributed by atoms with Crippen molar-refractivity contribution in [2.45, 2.75) is 32.6 Å². The van der Waals surface area contributed by atoms with Gasteiger partial charge in [0.25, 0.3) is 0 Å². The largest absolute Gasteiger partial charge is 0.126 e. The van der Waals surface area contributed by atoms with Crippen molar-refractivity contribution in [1.82, 2.24) is 0 Å². The molecule has 1 aromatic carbocycles. The van der Waals surface area contributed by atoms with Crippen LogP contribution in [0.3, 0.4) is 0 Å². The van der Waals surface area contributed by atoms with E-state index < -0.39 is 0 Å². The van der Waals surface area contributed by atoms with Crippen LogP contribution in [0.1, 0.15) is 38.2 Å². The van der Waals surface area contributed by atoms with Crippen molar-refractivity contribution < 1.29 is 0 Å². The molecule has 0 N–H and O–H groups in total. The number of hydrogen-bond acceptors (Lipinski definition) is 0. The van der Waals surface area contributed by atoms with Crippen LogP contribution in [0.4, 0.5) is 0 Å². The molecule has 15 heavy (non-hydrogen) atoms. The van der Waals surface area contributed by atoms with E-state index in [0.717, 1.165) is 5.02 Å². The van der Waals surface area contributed by atoms with E-state index in [1.807, 2.05) is 12.1 Å². The fraction of sp³-hybridized carbons (Fsp3) is 0.538. The minimum Gasteiger partial charge on any atom is -0.126 e. The zero-order chi connectivity index (χ0) is 11.3. The summed E-state index contributed by atoms with van der Waals surface area (Å²) in [4.78, 5) is 0. The maximum atomic E-state index is 6.06. The van der Waals surface area contributed by atoms with Crippen LogP contribution in [0.25, 0.3) is 0 Å². The molecule has 0 spiro atoms. The van der Waals surface area contributed by atoms with Crippen LogP contribution in [-0.2, 0) is 0 Å². The first-order valence-corrected chi connectivity index (χ1v) is 6.45. The average molecular weight is 245 g/mol. The zero-order valence-corrected chi connectivity index (χ0v) is 10.9. The predicted octanol–water partition coefficient (Wildman–Crippen LogP) is 5.10. The van der Waals surface area contributed by atoms with Gasteiger partial charge in [-0.05, 0) is 23.6 Å². The molecule has 0 aromatic heterocycles. The molecule has 0 fully saturated rings. The Bertz CT molecular complexity index is 275. The molecule has 0 saturated carbocycles. The van der Waals surface area contributed by atoms with Gasteiger partial charge in [0, 0.05) is 16.8 Å². The molecule has 0 radical (unpaired) electrons. The molecule has 0 aliphatic carbocycles. The van der Waals surface area contributed by atoms with E-state index in [1.54, 1.807) is 0 Å². The molecular weight excluding hydrogens is 227 g/mol. The summed E-state index contributed by atoms with van der Waals surface area (Å²) < 4.78 is 0. The van der Waals surface area contributed by atoms with Gasteiger partial charge in [0.1, 0.15) is 0 Å². The van der Waals surface area contributed by atoms with Crippen LogP contribution in [0.5, 0.6) is 0 Å². The van der Waals surface area contributed by atoms with Gasteiger partial charge in [-0.2, -0.15) is 0 Å². The van der Waals surface area contributed by atoms with Crippen LogP contribution < -0.4 is 0 Å². The van der Waals surface area contributed by atoms with Gasteiger partial charge in [0.05, 0.1) is 0 Å². The van der Waals surface area contributed by atoms with Crippen molar-refractivity contribution in [3.05, 3.63) is 34.9 Å². The lowest BCUT2D eigenvalue weighted by Gasteiger charge is -2.23. The summed E-state index contributed by atoms with van der Waals surface area (Å²) in [5.41, 5.74) is 1.31. The van der Waals surface area contributed by atoms with E-state index >= 15 is 0 Å². The third-order valence-corrected chi connectivity index (χ3v) is 3.67. The minimum absolute atomic E-state index is 0.457. The first-order valence-electron chi connectivity index (χ1n) is 5.54. The molecule has 0 amide bonds. The molecule has 0 heterocycles. The molecule has 1 atom stereocenters. The van der Waals surface area contributed by atoms with Gasteiger partial charge in [-0.15, -0.1) is 11.6 Å². The van der Waals surface area contributed by atoms with Crippen molar-refractivity contribution in [2.24, 2.45) is 5.92 Å². The van der Waals surface area contributed by atoms with Crippen LogP contribution in [0.2, 0.25) is 5.02 Å².